The summed E-state index contributed by atoms with van der Waals surface area (Å²) in [6.45, 7) is 2.53. The molecule has 0 radical (unpaired) electrons. The quantitative estimate of drug-likeness (QED) is 0.570. The Morgan fingerprint density at radius 1 is 1.54 bits per heavy atom. The van der Waals surface area contributed by atoms with Crippen LogP contribution in [0.5, 0.6) is 0 Å². The Bertz CT molecular complexity index is 968. The van der Waals surface area contributed by atoms with Crippen LogP contribution in [0.15, 0.2) is 14.3 Å². The number of amides is 2. The molecule has 0 bridgehead atoms. The van der Waals surface area contributed by atoms with Crippen LogP contribution in [-0.2, 0) is 29.6 Å². The lowest BCUT2D eigenvalue weighted by Crippen LogP contribution is -2.34. The fourth-order valence-corrected chi connectivity index (χ4v) is 4.62. The molecule has 0 unspecified atom stereocenters. The molecule has 0 aromatic carbocycles. The predicted octanol–water partition coefficient (Wildman–Crippen LogP) is 0.361. The van der Waals surface area contributed by atoms with Crippen LogP contribution in [0.2, 0.25) is 0 Å². The zero-order chi connectivity index (χ0) is 18.8. The summed E-state index contributed by atoms with van der Waals surface area (Å²) >= 11 is 2.36. The van der Waals surface area contributed by atoms with E-state index in [1.807, 2.05) is 0 Å². The van der Waals surface area contributed by atoms with Crippen molar-refractivity contribution in [3.8, 4) is 6.07 Å². The molecule has 0 saturated carbocycles. The van der Waals surface area contributed by atoms with E-state index in [2.05, 4.69) is 21.2 Å². The number of aromatic nitrogens is 2. The van der Waals surface area contributed by atoms with E-state index in [4.69, 9.17) is 0 Å². The first-order valence-corrected chi connectivity index (χ1v) is 9.51. The molecule has 3 heterocycles. The number of nitrogens with one attached hydrogen (secondary N) is 2. The van der Waals surface area contributed by atoms with Crippen molar-refractivity contribution in [2.24, 2.45) is 7.05 Å². The Morgan fingerprint density at radius 2 is 2.31 bits per heavy atom. The third-order valence-corrected chi connectivity index (χ3v) is 6.21. The van der Waals surface area contributed by atoms with Gasteiger partial charge in [-0.1, -0.05) is 4.68 Å². The van der Waals surface area contributed by atoms with Crippen molar-refractivity contribution in [1.82, 2.24) is 10.2 Å². The fourth-order valence-electron chi connectivity index (χ4n) is 2.66. The molecule has 26 heavy (non-hydrogen) atoms. The van der Waals surface area contributed by atoms with Gasteiger partial charge in [0.25, 0.3) is 0 Å². The number of nitriles is 1. The minimum absolute atomic E-state index is 0.00343. The Morgan fingerprint density at radius 3 is 2.92 bits per heavy atom. The molecule has 136 valence electrons. The van der Waals surface area contributed by atoms with Gasteiger partial charge in [0, 0.05) is 18.3 Å². The van der Waals surface area contributed by atoms with E-state index >= 15 is 0 Å². The first-order valence-electron chi connectivity index (χ1n) is 7.71. The Hall–Kier alpha value is -2.58. The summed E-state index contributed by atoms with van der Waals surface area (Å²) in [6, 6.07) is 2.15. The van der Waals surface area contributed by atoms with E-state index in [1.165, 1.54) is 22.9 Å². The lowest BCUT2D eigenvalue weighted by atomic mass is 10.0. The molecule has 9 nitrogen and oxygen atoms in total. The first kappa shape index (κ1) is 18.2. The summed E-state index contributed by atoms with van der Waals surface area (Å²) in [5.41, 5.74) is 0.813. The van der Waals surface area contributed by atoms with Crippen molar-refractivity contribution in [2.45, 2.75) is 24.9 Å². The van der Waals surface area contributed by atoms with Crippen molar-refractivity contribution in [3.05, 3.63) is 26.4 Å². The van der Waals surface area contributed by atoms with Gasteiger partial charge in [-0.2, -0.15) is 5.26 Å². The van der Waals surface area contributed by atoms with Crippen LogP contribution in [0.25, 0.3) is 0 Å². The van der Waals surface area contributed by atoms with E-state index in [-0.39, 0.29) is 22.6 Å². The number of thiophene rings is 1. The van der Waals surface area contributed by atoms with Gasteiger partial charge in [0.1, 0.15) is 11.1 Å². The number of aromatic amines is 1. The largest absolute Gasteiger partial charge is 0.441 e. The summed E-state index contributed by atoms with van der Waals surface area (Å²) in [7, 11) is 1.60. The van der Waals surface area contributed by atoms with E-state index in [0.29, 0.717) is 30.1 Å². The Balaban J connectivity index is 1.72. The van der Waals surface area contributed by atoms with Gasteiger partial charge in [-0.25, -0.2) is 4.79 Å². The zero-order valence-electron chi connectivity index (χ0n) is 14.1. The maximum atomic E-state index is 12.2. The van der Waals surface area contributed by atoms with Gasteiger partial charge < -0.3 is 10.2 Å². The molecule has 0 fully saturated rings. The van der Waals surface area contributed by atoms with Gasteiger partial charge in [0.05, 0.1) is 17.9 Å². The highest BCUT2D eigenvalue weighted by molar-refractivity contribution is 7.99. The average Bonchev–Trinajstić information content (AvgIpc) is 3.11. The van der Waals surface area contributed by atoms with Crippen molar-refractivity contribution >= 4 is 39.9 Å². The van der Waals surface area contributed by atoms with Crippen LogP contribution < -0.4 is 15.6 Å². The molecule has 2 N–H and O–H groups in total. The number of nitrogens with zero attached hydrogens (tertiary/aromatic N) is 3. The second-order valence-corrected chi connectivity index (χ2v) is 7.76. The van der Waals surface area contributed by atoms with Gasteiger partial charge in [-0.05, 0) is 29.0 Å². The molecule has 2 aromatic rings. The summed E-state index contributed by atoms with van der Waals surface area (Å²) in [4.78, 5) is 37.9. The number of fused-ring (bicyclic) bond motifs is 1. The number of thioether (sulfide) groups is 1. The smallest absolute Gasteiger partial charge is 0.337 e. The second-order valence-electron chi connectivity index (χ2n) is 5.69. The van der Waals surface area contributed by atoms with Crippen molar-refractivity contribution in [2.75, 3.05) is 17.6 Å². The molecule has 0 spiro atoms. The monoisotopic (exact) mass is 394 g/mol. The molecule has 11 heteroatoms. The summed E-state index contributed by atoms with van der Waals surface area (Å²) in [6.07, 6.45) is 0.596. The average molecular weight is 394 g/mol. The van der Waals surface area contributed by atoms with Crippen molar-refractivity contribution < 1.29 is 18.8 Å². The molecule has 3 rings (SSSR count). The predicted molar refractivity (Wildman–Crippen MR) is 93.7 cm³/mol. The Labute approximate surface area is 156 Å². The third-order valence-electron chi connectivity index (χ3n) is 3.96. The normalized spacial score (nSPS) is 13.2. The van der Waals surface area contributed by atoms with Gasteiger partial charge in [0.15, 0.2) is 7.05 Å². The highest BCUT2D eigenvalue weighted by atomic mass is 32.2. The Kier molecular flexibility index (Phi) is 5.15. The number of carbonyl (C=O) groups excluding carboxylic acids is 2. The molecular formula is C15H16N5O4S2+. The lowest BCUT2D eigenvalue weighted by Gasteiger charge is -2.25. The van der Waals surface area contributed by atoms with Gasteiger partial charge >= 0.3 is 10.7 Å². The number of H-pyrrole nitrogens is 1. The van der Waals surface area contributed by atoms with Crippen molar-refractivity contribution in [3.63, 3.8) is 0 Å². The number of hydrogen-bond acceptors (Lipinski definition) is 7. The maximum Gasteiger partial charge on any atom is 0.441 e. The van der Waals surface area contributed by atoms with Crippen LogP contribution >= 0.6 is 23.1 Å². The van der Waals surface area contributed by atoms with E-state index in [9.17, 15) is 19.6 Å². The van der Waals surface area contributed by atoms with Crippen LogP contribution in [-0.4, -0.2) is 34.3 Å². The number of carbonyl (C=O) groups is 2. The van der Waals surface area contributed by atoms with Crippen molar-refractivity contribution in [1.29, 1.82) is 5.26 Å². The fraction of sp³-hybridized carbons (Fsp3) is 0.400. The van der Waals surface area contributed by atoms with E-state index < -0.39 is 5.63 Å². The van der Waals surface area contributed by atoms with E-state index in [0.717, 1.165) is 22.2 Å². The number of hydrogen-bond donors (Lipinski definition) is 2. The first-order chi connectivity index (χ1) is 12.4. The molecule has 1 aliphatic rings. The SMILES string of the molecule is CC(=O)N1CCc2c(sc(NC(=O)CSc3c(=O)o[nH][n+]3C)c2C#N)C1. The summed E-state index contributed by atoms with van der Waals surface area (Å²) in [5, 5.41) is 15.4. The molecule has 0 atom stereocenters. The van der Waals surface area contributed by atoms with Crippen LogP contribution in [0, 0.1) is 11.3 Å². The second kappa shape index (κ2) is 7.35. The zero-order valence-corrected chi connectivity index (χ0v) is 15.8. The molecule has 2 aromatic heterocycles. The maximum absolute atomic E-state index is 12.2. The van der Waals surface area contributed by atoms with Gasteiger partial charge in [-0.15, -0.1) is 11.3 Å². The minimum atomic E-state index is -0.543. The van der Waals surface area contributed by atoms with Crippen LogP contribution in [0.3, 0.4) is 0 Å². The van der Waals surface area contributed by atoms with Crippen LogP contribution in [0.1, 0.15) is 22.9 Å². The molecular weight excluding hydrogens is 378 g/mol. The third kappa shape index (κ3) is 3.51. The van der Waals surface area contributed by atoms with Gasteiger partial charge in [-0.3, -0.25) is 14.1 Å². The summed E-state index contributed by atoms with van der Waals surface area (Å²) in [5.74, 6) is -0.333. The van der Waals surface area contributed by atoms with E-state index in [1.54, 1.807) is 11.9 Å². The molecule has 2 amide bonds. The molecule has 0 aliphatic carbocycles. The topological polar surface area (TPSA) is 123 Å². The van der Waals surface area contributed by atoms with Gasteiger partial charge in [0.2, 0.25) is 11.8 Å². The van der Waals surface area contributed by atoms with Crippen LogP contribution in [0.4, 0.5) is 5.00 Å². The standard InChI is InChI=1S/C15H15N5O4S2/c1-8(21)20-4-3-9-10(5-16)13(26-11(9)6-20)17-12(22)7-25-14-15(23)24-18-19(14)2/h3-4,6-7H2,1-2H3,(H-,17,18,22,23)/p+1. The highest BCUT2D eigenvalue weighted by Gasteiger charge is 2.26. The molecule has 0 saturated heterocycles. The number of aryl methyl sites for hydroxylation is 1. The number of anilines is 1. The summed E-state index contributed by atoms with van der Waals surface area (Å²) < 4.78 is 6.01. The highest BCUT2D eigenvalue weighted by Crippen LogP contribution is 2.36. The lowest BCUT2D eigenvalue weighted by molar-refractivity contribution is -0.772. The minimum Gasteiger partial charge on any atom is -0.337 e. The molecule has 1 aliphatic heterocycles. The number of rotatable bonds is 4.